The van der Waals surface area contributed by atoms with Crippen molar-refractivity contribution in [2.75, 3.05) is 0 Å². The van der Waals surface area contributed by atoms with Crippen molar-refractivity contribution in [2.24, 2.45) is 0 Å². The van der Waals surface area contributed by atoms with E-state index in [9.17, 15) is 17.6 Å². The number of benzene rings is 1. The molecule has 0 aliphatic rings. The van der Waals surface area contributed by atoms with Gasteiger partial charge in [0.15, 0.2) is 11.6 Å². The molecule has 6 heteroatoms. The lowest BCUT2D eigenvalue weighted by molar-refractivity contribution is -0.275. The van der Waals surface area contributed by atoms with Gasteiger partial charge in [-0.05, 0) is 12.1 Å². The summed E-state index contributed by atoms with van der Waals surface area (Å²) in [5, 5.41) is 8.72. The zero-order valence-corrected chi connectivity index (χ0v) is 6.10. The van der Waals surface area contributed by atoms with Gasteiger partial charge >= 0.3 is 6.36 Å². The van der Waals surface area contributed by atoms with E-state index in [0.29, 0.717) is 12.1 Å². The molecule has 0 unspecified atom stereocenters. The molecule has 72 valence electrons. The van der Waals surface area contributed by atoms with Crippen LogP contribution in [0.15, 0.2) is 18.2 Å². The lowest BCUT2D eigenvalue weighted by Crippen LogP contribution is -2.17. The second-order valence-electron chi connectivity index (χ2n) is 2.16. The third kappa shape index (κ3) is 2.81. The molecule has 0 aliphatic carbocycles. The lowest BCUT2D eigenvalue weighted by Gasteiger charge is -2.09. The van der Waals surface area contributed by atoms with Crippen LogP contribution < -0.4 is 4.74 Å². The van der Waals surface area contributed by atoms with E-state index in [2.05, 4.69) is 4.74 Å². The largest absolute Gasteiger partial charge is 0.573 e. The number of hydrogen-bond donors (Lipinski definition) is 1. The van der Waals surface area contributed by atoms with E-state index in [1.165, 1.54) is 0 Å². The standard InChI is InChI=1S/C7H4F4O2/c8-5-2-1-4(12)3-6(5)13-7(9,10)11/h1-3,12H. The minimum Gasteiger partial charge on any atom is -0.508 e. The van der Waals surface area contributed by atoms with Crippen LogP contribution in [0.3, 0.4) is 0 Å². The molecule has 0 amide bonds. The molecule has 0 radical (unpaired) electrons. The third-order valence-corrected chi connectivity index (χ3v) is 1.14. The molecule has 2 nitrogen and oxygen atoms in total. The maximum atomic E-state index is 12.6. The van der Waals surface area contributed by atoms with Gasteiger partial charge in [-0.3, -0.25) is 0 Å². The van der Waals surface area contributed by atoms with E-state index in [1.54, 1.807) is 0 Å². The molecule has 0 spiro atoms. The van der Waals surface area contributed by atoms with Crippen LogP contribution in [-0.4, -0.2) is 11.5 Å². The summed E-state index contributed by atoms with van der Waals surface area (Å²) in [5.74, 6) is -2.73. The number of phenols is 1. The summed E-state index contributed by atoms with van der Waals surface area (Å²) < 4.78 is 50.6. The summed E-state index contributed by atoms with van der Waals surface area (Å²) in [6, 6.07) is 2.14. The first-order chi connectivity index (χ1) is 5.88. The molecule has 1 rings (SSSR count). The SMILES string of the molecule is Oc1ccc(F)c(OC(F)(F)F)c1. The lowest BCUT2D eigenvalue weighted by atomic mass is 10.3. The van der Waals surface area contributed by atoms with Crippen molar-refractivity contribution in [2.45, 2.75) is 6.36 Å². The average Bonchev–Trinajstić information content (AvgIpc) is 1.94. The maximum absolute atomic E-state index is 12.6. The summed E-state index contributed by atoms with van der Waals surface area (Å²) in [4.78, 5) is 0. The predicted molar refractivity (Wildman–Crippen MR) is 34.7 cm³/mol. The normalized spacial score (nSPS) is 11.4. The Morgan fingerprint density at radius 2 is 1.85 bits per heavy atom. The number of phenolic OH excluding ortho intramolecular Hbond substituents is 1. The summed E-state index contributed by atoms with van der Waals surface area (Å²) >= 11 is 0. The van der Waals surface area contributed by atoms with E-state index in [4.69, 9.17) is 5.11 Å². The first-order valence-corrected chi connectivity index (χ1v) is 3.13. The van der Waals surface area contributed by atoms with Crippen LogP contribution in [0.25, 0.3) is 0 Å². The molecule has 0 fully saturated rings. The fourth-order valence-corrected chi connectivity index (χ4v) is 0.695. The highest BCUT2D eigenvalue weighted by molar-refractivity contribution is 5.33. The van der Waals surface area contributed by atoms with Crippen molar-refractivity contribution in [3.63, 3.8) is 0 Å². The number of halogens is 4. The Hall–Kier alpha value is -1.46. The number of alkyl halides is 3. The van der Waals surface area contributed by atoms with Crippen molar-refractivity contribution >= 4 is 0 Å². The Bertz CT molecular complexity index is 308. The quantitative estimate of drug-likeness (QED) is 0.699. The molecule has 0 bridgehead atoms. The van der Waals surface area contributed by atoms with Gasteiger partial charge in [-0.15, -0.1) is 13.2 Å². The fourth-order valence-electron chi connectivity index (χ4n) is 0.695. The van der Waals surface area contributed by atoms with Gasteiger partial charge in [0, 0.05) is 6.07 Å². The van der Waals surface area contributed by atoms with Gasteiger partial charge in [0.1, 0.15) is 5.75 Å². The monoisotopic (exact) mass is 196 g/mol. The van der Waals surface area contributed by atoms with E-state index < -0.39 is 23.7 Å². The summed E-state index contributed by atoms with van der Waals surface area (Å²) in [6.07, 6.45) is -4.96. The average molecular weight is 196 g/mol. The third-order valence-electron chi connectivity index (χ3n) is 1.14. The Balaban J connectivity index is 2.94. The van der Waals surface area contributed by atoms with Crippen LogP contribution in [-0.2, 0) is 0 Å². The second-order valence-corrected chi connectivity index (χ2v) is 2.16. The number of aromatic hydroxyl groups is 1. The Morgan fingerprint density at radius 1 is 1.23 bits per heavy atom. The van der Waals surface area contributed by atoms with Gasteiger partial charge in [0.25, 0.3) is 0 Å². The molecule has 1 aromatic carbocycles. The predicted octanol–water partition coefficient (Wildman–Crippen LogP) is 2.43. The molecule has 0 saturated carbocycles. The molecule has 1 aromatic rings. The van der Waals surface area contributed by atoms with Crippen LogP contribution in [0.5, 0.6) is 11.5 Å². The van der Waals surface area contributed by atoms with E-state index in [1.807, 2.05) is 0 Å². The van der Waals surface area contributed by atoms with Crippen LogP contribution >= 0.6 is 0 Å². The summed E-state index contributed by atoms with van der Waals surface area (Å²) in [5.41, 5.74) is 0. The smallest absolute Gasteiger partial charge is 0.508 e. The van der Waals surface area contributed by atoms with Crippen molar-refractivity contribution in [3.8, 4) is 11.5 Å². The molecular weight excluding hydrogens is 192 g/mol. The molecule has 0 heterocycles. The zero-order chi connectivity index (χ0) is 10.1. The van der Waals surface area contributed by atoms with Crippen LogP contribution in [0.2, 0.25) is 0 Å². The second kappa shape index (κ2) is 3.12. The molecule has 0 atom stereocenters. The highest BCUT2D eigenvalue weighted by Gasteiger charge is 2.32. The molecule has 13 heavy (non-hydrogen) atoms. The van der Waals surface area contributed by atoms with E-state index in [-0.39, 0.29) is 0 Å². The minimum absolute atomic E-state index is 0.499. The molecule has 0 aromatic heterocycles. The van der Waals surface area contributed by atoms with Crippen molar-refractivity contribution < 1.29 is 27.4 Å². The minimum atomic E-state index is -4.96. The zero-order valence-electron chi connectivity index (χ0n) is 6.10. The maximum Gasteiger partial charge on any atom is 0.573 e. The Kier molecular flexibility index (Phi) is 2.31. The molecule has 0 aliphatic heterocycles. The fraction of sp³-hybridized carbons (Fsp3) is 0.143. The highest BCUT2D eigenvalue weighted by atomic mass is 19.4. The van der Waals surface area contributed by atoms with Gasteiger partial charge in [-0.2, -0.15) is 0 Å². The van der Waals surface area contributed by atoms with E-state index >= 15 is 0 Å². The van der Waals surface area contributed by atoms with Crippen molar-refractivity contribution in [1.82, 2.24) is 0 Å². The van der Waals surface area contributed by atoms with Crippen LogP contribution in [0, 0.1) is 5.82 Å². The Labute approximate surface area is 70.4 Å². The number of ether oxygens (including phenoxy) is 1. The van der Waals surface area contributed by atoms with Gasteiger partial charge in [0.2, 0.25) is 0 Å². The van der Waals surface area contributed by atoms with Crippen LogP contribution in [0.1, 0.15) is 0 Å². The van der Waals surface area contributed by atoms with E-state index in [0.717, 1.165) is 6.07 Å². The van der Waals surface area contributed by atoms with Crippen molar-refractivity contribution in [1.29, 1.82) is 0 Å². The Morgan fingerprint density at radius 3 is 2.38 bits per heavy atom. The number of rotatable bonds is 1. The first kappa shape index (κ1) is 9.63. The van der Waals surface area contributed by atoms with Crippen molar-refractivity contribution in [3.05, 3.63) is 24.0 Å². The van der Waals surface area contributed by atoms with Gasteiger partial charge in [-0.1, -0.05) is 0 Å². The molecular formula is C7H4F4O2. The highest BCUT2D eigenvalue weighted by Crippen LogP contribution is 2.28. The van der Waals surface area contributed by atoms with Gasteiger partial charge in [0.05, 0.1) is 0 Å². The van der Waals surface area contributed by atoms with Crippen LogP contribution in [0.4, 0.5) is 17.6 Å². The van der Waals surface area contributed by atoms with Gasteiger partial charge < -0.3 is 9.84 Å². The number of hydrogen-bond acceptors (Lipinski definition) is 2. The summed E-state index contributed by atoms with van der Waals surface area (Å²) in [6.45, 7) is 0. The molecule has 1 N–H and O–H groups in total. The molecule has 0 saturated heterocycles. The van der Waals surface area contributed by atoms with Gasteiger partial charge in [-0.25, -0.2) is 4.39 Å². The first-order valence-electron chi connectivity index (χ1n) is 3.13. The summed E-state index contributed by atoms with van der Waals surface area (Å²) in [7, 11) is 0. The topological polar surface area (TPSA) is 29.5 Å².